The smallest absolute Gasteiger partial charge is 0.338 e. The van der Waals surface area contributed by atoms with Crippen molar-refractivity contribution < 1.29 is 19.1 Å². The SMILES string of the molecule is CC(C)c1cccc2c1[C@H]1C[C@@H]2[C@H](OC(=O)c2ccccc2)[C@@H]1OC(=O)c1ccccc1. The highest BCUT2D eigenvalue weighted by molar-refractivity contribution is 5.90. The van der Waals surface area contributed by atoms with Crippen LogP contribution in [0.25, 0.3) is 0 Å². The van der Waals surface area contributed by atoms with Crippen molar-refractivity contribution in [2.24, 2.45) is 0 Å². The van der Waals surface area contributed by atoms with Crippen molar-refractivity contribution in [2.75, 3.05) is 0 Å². The highest BCUT2D eigenvalue weighted by Crippen LogP contribution is 2.57. The summed E-state index contributed by atoms with van der Waals surface area (Å²) in [6, 6.07) is 24.3. The van der Waals surface area contributed by atoms with Gasteiger partial charge in [0.15, 0.2) is 0 Å². The van der Waals surface area contributed by atoms with E-state index in [-0.39, 0.29) is 23.8 Å². The van der Waals surface area contributed by atoms with Gasteiger partial charge >= 0.3 is 11.9 Å². The fourth-order valence-electron chi connectivity index (χ4n) is 5.27. The van der Waals surface area contributed by atoms with Gasteiger partial charge in [-0.25, -0.2) is 9.59 Å². The number of rotatable bonds is 5. The molecule has 0 radical (unpaired) electrons. The number of benzene rings is 3. The molecule has 0 aromatic heterocycles. The lowest BCUT2D eigenvalue weighted by Gasteiger charge is -2.33. The second-order valence-corrected chi connectivity index (χ2v) is 8.93. The van der Waals surface area contributed by atoms with E-state index in [1.165, 1.54) is 16.7 Å². The van der Waals surface area contributed by atoms with E-state index in [1.807, 2.05) is 36.4 Å². The Morgan fingerprint density at radius 2 is 1.25 bits per heavy atom. The average molecular weight is 427 g/mol. The van der Waals surface area contributed by atoms with Crippen molar-refractivity contribution >= 4 is 11.9 Å². The van der Waals surface area contributed by atoms with Crippen LogP contribution in [0.4, 0.5) is 0 Å². The van der Waals surface area contributed by atoms with E-state index >= 15 is 0 Å². The summed E-state index contributed by atoms with van der Waals surface area (Å²) in [5.74, 6) is -0.358. The quantitative estimate of drug-likeness (QED) is 0.481. The zero-order chi connectivity index (χ0) is 22.2. The summed E-state index contributed by atoms with van der Waals surface area (Å²) in [6.45, 7) is 4.36. The number of carbonyl (C=O) groups excluding carboxylic acids is 2. The van der Waals surface area contributed by atoms with E-state index in [2.05, 4.69) is 32.0 Å². The fourth-order valence-corrected chi connectivity index (χ4v) is 5.27. The highest BCUT2D eigenvalue weighted by Gasteiger charge is 2.55. The molecule has 0 aliphatic heterocycles. The molecule has 0 heterocycles. The molecule has 4 nitrogen and oxygen atoms in total. The first-order valence-electron chi connectivity index (χ1n) is 11.2. The van der Waals surface area contributed by atoms with E-state index in [1.54, 1.807) is 24.3 Å². The van der Waals surface area contributed by atoms with Gasteiger partial charge in [-0.05, 0) is 53.3 Å². The van der Waals surface area contributed by atoms with Gasteiger partial charge in [0.25, 0.3) is 0 Å². The van der Waals surface area contributed by atoms with Crippen LogP contribution in [-0.4, -0.2) is 24.1 Å². The lowest BCUT2D eigenvalue weighted by atomic mass is 9.82. The van der Waals surface area contributed by atoms with Crippen molar-refractivity contribution in [1.29, 1.82) is 0 Å². The summed E-state index contributed by atoms with van der Waals surface area (Å²) in [4.78, 5) is 25.8. The first kappa shape index (κ1) is 20.5. The van der Waals surface area contributed by atoms with E-state index in [9.17, 15) is 9.59 Å². The fraction of sp³-hybridized carbons (Fsp3) is 0.286. The van der Waals surface area contributed by atoms with Gasteiger partial charge in [0.1, 0.15) is 12.2 Å². The molecule has 0 saturated heterocycles. The number of fused-ring (bicyclic) bond motifs is 5. The Balaban J connectivity index is 1.50. The van der Waals surface area contributed by atoms with E-state index in [0.717, 1.165) is 6.42 Å². The third-order valence-electron chi connectivity index (χ3n) is 6.70. The van der Waals surface area contributed by atoms with Crippen molar-refractivity contribution in [3.8, 4) is 0 Å². The van der Waals surface area contributed by atoms with Gasteiger partial charge in [0, 0.05) is 11.8 Å². The molecule has 3 aromatic carbocycles. The summed E-state index contributed by atoms with van der Waals surface area (Å²) in [7, 11) is 0. The second-order valence-electron chi connectivity index (χ2n) is 8.93. The van der Waals surface area contributed by atoms with Crippen molar-refractivity contribution in [3.05, 3.63) is 107 Å². The Kier molecular flexibility index (Phi) is 5.30. The lowest BCUT2D eigenvalue weighted by molar-refractivity contribution is -0.0349. The summed E-state index contributed by atoms with van der Waals surface area (Å²) >= 11 is 0. The Hall–Kier alpha value is -3.40. The van der Waals surface area contributed by atoms with E-state index in [0.29, 0.717) is 17.0 Å². The maximum absolute atomic E-state index is 12.9. The van der Waals surface area contributed by atoms with Crippen LogP contribution in [0.5, 0.6) is 0 Å². The molecule has 0 spiro atoms. The first-order chi connectivity index (χ1) is 15.5. The van der Waals surface area contributed by atoms with Crippen molar-refractivity contribution in [1.82, 2.24) is 0 Å². The molecule has 0 amide bonds. The predicted molar refractivity (Wildman–Crippen MR) is 122 cm³/mol. The van der Waals surface area contributed by atoms with Gasteiger partial charge in [0.05, 0.1) is 11.1 Å². The third-order valence-corrected chi connectivity index (χ3v) is 6.70. The second kappa shape index (κ2) is 8.27. The Morgan fingerprint density at radius 1 is 0.719 bits per heavy atom. The van der Waals surface area contributed by atoms with Gasteiger partial charge in [0.2, 0.25) is 0 Å². The molecule has 3 aromatic rings. The van der Waals surface area contributed by atoms with Gasteiger partial charge in [-0.3, -0.25) is 0 Å². The normalized spacial score (nSPS) is 23.1. The molecular weight excluding hydrogens is 400 g/mol. The van der Waals surface area contributed by atoms with Gasteiger partial charge in [-0.15, -0.1) is 0 Å². The standard InChI is InChI=1S/C28H26O4/c1-17(2)20-14-9-15-21-22-16-23(24(20)21)26(32-28(30)19-12-7-4-8-13-19)25(22)31-27(29)18-10-5-3-6-11-18/h3-15,17,22-23,25-26H,16H2,1-2H3/t22-,23+,25-,26+/m0/s1. The number of carbonyl (C=O) groups is 2. The molecule has 162 valence electrons. The van der Waals surface area contributed by atoms with Gasteiger partial charge < -0.3 is 9.47 Å². The van der Waals surface area contributed by atoms with Crippen LogP contribution in [0.15, 0.2) is 78.9 Å². The van der Waals surface area contributed by atoms with Crippen molar-refractivity contribution in [2.45, 2.75) is 50.2 Å². The van der Waals surface area contributed by atoms with Crippen LogP contribution in [0, 0.1) is 0 Å². The molecule has 4 heteroatoms. The molecular formula is C28H26O4. The minimum absolute atomic E-state index is 0.0230. The average Bonchev–Trinajstić information content (AvgIpc) is 3.37. The number of hydrogen-bond acceptors (Lipinski definition) is 4. The van der Waals surface area contributed by atoms with Crippen LogP contribution in [0.3, 0.4) is 0 Å². The zero-order valence-corrected chi connectivity index (χ0v) is 18.2. The van der Waals surface area contributed by atoms with E-state index < -0.39 is 12.2 Å². The minimum Gasteiger partial charge on any atom is -0.454 e. The molecule has 32 heavy (non-hydrogen) atoms. The minimum atomic E-state index is -0.507. The van der Waals surface area contributed by atoms with Crippen molar-refractivity contribution in [3.63, 3.8) is 0 Å². The number of esters is 2. The Bertz CT molecular complexity index is 1140. The largest absolute Gasteiger partial charge is 0.454 e. The molecule has 2 bridgehead atoms. The first-order valence-corrected chi connectivity index (χ1v) is 11.2. The number of hydrogen-bond donors (Lipinski definition) is 0. The molecule has 0 N–H and O–H groups in total. The van der Waals surface area contributed by atoms with Crippen LogP contribution in [0.2, 0.25) is 0 Å². The molecule has 1 saturated carbocycles. The van der Waals surface area contributed by atoms with Crippen LogP contribution in [-0.2, 0) is 9.47 Å². The predicted octanol–water partition coefficient (Wildman–Crippen LogP) is 5.85. The van der Waals surface area contributed by atoms with Crippen LogP contribution >= 0.6 is 0 Å². The molecule has 0 unspecified atom stereocenters. The molecule has 1 fully saturated rings. The monoisotopic (exact) mass is 426 g/mol. The Labute approximate surface area is 188 Å². The van der Waals surface area contributed by atoms with E-state index in [4.69, 9.17) is 9.47 Å². The molecule has 5 rings (SSSR count). The Morgan fingerprint density at radius 3 is 1.78 bits per heavy atom. The maximum atomic E-state index is 12.9. The molecule has 2 aliphatic carbocycles. The lowest BCUT2D eigenvalue weighted by Crippen LogP contribution is -2.39. The highest BCUT2D eigenvalue weighted by atomic mass is 16.6. The zero-order valence-electron chi connectivity index (χ0n) is 18.2. The van der Waals surface area contributed by atoms with Crippen LogP contribution in [0.1, 0.15) is 75.4 Å². The summed E-state index contributed by atoms with van der Waals surface area (Å²) in [5.41, 5.74) is 4.77. The van der Waals surface area contributed by atoms with Gasteiger partial charge in [-0.1, -0.05) is 68.4 Å². The summed E-state index contributed by atoms with van der Waals surface area (Å²) in [5, 5.41) is 0. The topological polar surface area (TPSA) is 52.6 Å². The number of ether oxygens (including phenoxy) is 2. The van der Waals surface area contributed by atoms with Gasteiger partial charge in [-0.2, -0.15) is 0 Å². The third kappa shape index (κ3) is 3.50. The summed E-state index contributed by atoms with van der Waals surface area (Å²) in [6.07, 6.45) is -0.193. The maximum Gasteiger partial charge on any atom is 0.338 e. The van der Waals surface area contributed by atoms with Crippen LogP contribution < -0.4 is 0 Å². The molecule has 4 atom stereocenters. The summed E-state index contributed by atoms with van der Waals surface area (Å²) < 4.78 is 12.1. The molecule has 2 aliphatic rings.